The molecule has 1 aliphatic rings. The number of rotatable bonds is 4. The van der Waals surface area contributed by atoms with E-state index in [1.807, 2.05) is 0 Å². The number of nitrogens with one attached hydrogen (secondary N) is 1. The number of nitrogens with two attached hydrogens (primary N) is 1. The highest BCUT2D eigenvalue weighted by atomic mass is 32.2. The standard InChI is InChI=1S/C8H18N2O2S/c9-4-1-5-10-8-2-6-13(11,12)7-3-8/h8,10H,1-7,9H2. The maximum Gasteiger partial charge on any atom is 0.150 e. The van der Waals surface area contributed by atoms with E-state index in [1.54, 1.807) is 0 Å². The van der Waals surface area contributed by atoms with Crippen LogP contribution in [0.3, 0.4) is 0 Å². The first kappa shape index (κ1) is 10.9. The highest BCUT2D eigenvalue weighted by Gasteiger charge is 2.22. The van der Waals surface area contributed by atoms with Gasteiger partial charge in [0.15, 0.2) is 0 Å². The summed E-state index contributed by atoms with van der Waals surface area (Å²) in [6, 6.07) is 0.384. The molecule has 5 heteroatoms. The molecule has 0 amide bonds. The Balaban J connectivity index is 2.18. The molecule has 13 heavy (non-hydrogen) atoms. The third kappa shape index (κ3) is 4.06. The predicted octanol–water partition coefficient (Wildman–Crippen LogP) is -0.498. The SMILES string of the molecule is NCCCNC1CCS(=O)(=O)CC1. The van der Waals surface area contributed by atoms with Crippen molar-refractivity contribution in [2.75, 3.05) is 24.6 Å². The molecule has 4 nitrogen and oxygen atoms in total. The van der Waals surface area contributed by atoms with Crippen molar-refractivity contribution in [1.29, 1.82) is 0 Å². The molecule has 0 unspecified atom stereocenters. The van der Waals surface area contributed by atoms with Crippen LogP contribution in [0.15, 0.2) is 0 Å². The first-order valence-electron chi connectivity index (χ1n) is 4.78. The van der Waals surface area contributed by atoms with Crippen molar-refractivity contribution < 1.29 is 8.42 Å². The molecule has 0 aromatic carbocycles. The summed E-state index contributed by atoms with van der Waals surface area (Å²) < 4.78 is 22.2. The second kappa shape index (κ2) is 4.93. The fraction of sp³-hybridized carbons (Fsp3) is 1.00. The molecule has 1 saturated heterocycles. The largest absolute Gasteiger partial charge is 0.330 e. The maximum absolute atomic E-state index is 11.1. The van der Waals surface area contributed by atoms with Crippen molar-refractivity contribution in [3.05, 3.63) is 0 Å². The molecule has 0 aliphatic carbocycles. The molecule has 0 aromatic rings. The quantitative estimate of drug-likeness (QED) is 0.608. The third-order valence-electron chi connectivity index (χ3n) is 2.37. The first-order chi connectivity index (χ1) is 6.14. The summed E-state index contributed by atoms with van der Waals surface area (Å²) in [6.07, 6.45) is 2.48. The Morgan fingerprint density at radius 2 is 1.92 bits per heavy atom. The van der Waals surface area contributed by atoms with Crippen LogP contribution in [0.4, 0.5) is 0 Å². The Labute approximate surface area is 79.8 Å². The predicted molar refractivity (Wildman–Crippen MR) is 53.3 cm³/mol. The highest BCUT2D eigenvalue weighted by molar-refractivity contribution is 7.91. The molecule has 1 rings (SSSR count). The Hall–Kier alpha value is -0.130. The second-order valence-corrected chi connectivity index (χ2v) is 5.83. The molecule has 3 N–H and O–H groups in total. The lowest BCUT2D eigenvalue weighted by Gasteiger charge is -2.22. The monoisotopic (exact) mass is 206 g/mol. The van der Waals surface area contributed by atoms with Gasteiger partial charge >= 0.3 is 0 Å². The molecule has 78 valence electrons. The van der Waals surface area contributed by atoms with Crippen LogP contribution >= 0.6 is 0 Å². The zero-order chi connectivity index (χ0) is 9.73. The van der Waals surface area contributed by atoms with E-state index < -0.39 is 9.84 Å². The van der Waals surface area contributed by atoms with Crippen LogP contribution in [-0.2, 0) is 9.84 Å². The van der Waals surface area contributed by atoms with Gasteiger partial charge in [0.05, 0.1) is 11.5 Å². The minimum atomic E-state index is -2.71. The van der Waals surface area contributed by atoms with E-state index in [2.05, 4.69) is 5.32 Å². The van der Waals surface area contributed by atoms with Crippen molar-refractivity contribution in [2.45, 2.75) is 25.3 Å². The maximum atomic E-state index is 11.1. The van der Waals surface area contributed by atoms with Crippen LogP contribution in [0.5, 0.6) is 0 Å². The first-order valence-corrected chi connectivity index (χ1v) is 6.60. The minimum absolute atomic E-state index is 0.341. The van der Waals surface area contributed by atoms with Crippen molar-refractivity contribution in [3.8, 4) is 0 Å². The van der Waals surface area contributed by atoms with Gasteiger partial charge < -0.3 is 11.1 Å². The summed E-state index contributed by atoms with van der Waals surface area (Å²) in [5, 5.41) is 3.32. The molecule has 1 aliphatic heterocycles. The van der Waals surface area contributed by atoms with E-state index in [0.717, 1.165) is 25.8 Å². The summed E-state index contributed by atoms with van der Waals surface area (Å²) in [7, 11) is -2.71. The lowest BCUT2D eigenvalue weighted by Crippen LogP contribution is -2.38. The molecule has 1 fully saturated rings. The highest BCUT2D eigenvalue weighted by Crippen LogP contribution is 2.11. The van der Waals surface area contributed by atoms with Gasteiger partial charge in [-0.05, 0) is 32.4 Å². The van der Waals surface area contributed by atoms with Crippen LogP contribution in [0.25, 0.3) is 0 Å². The molecule has 0 radical (unpaired) electrons. The second-order valence-electron chi connectivity index (χ2n) is 3.52. The van der Waals surface area contributed by atoms with Gasteiger partial charge in [-0.25, -0.2) is 8.42 Å². The van der Waals surface area contributed by atoms with Gasteiger partial charge in [0, 0.05) is 6.04 Å². The van der Waals surface area contributed by atoms with E-state index in [0.29, 0.717) is 24.1 Å². The summed E-state index contributed by atoms with van der Waals surface area (Å²) in [6.45, 7) is 1.60. The Morgan fingerprint density at radius 3 is 2.46 bits per heavy atom. The fourth-order valence-corrected chi connectivity index (χ4v) is 2.99. The van der Waals surface area contributed by atoms with E-state index in [-0.39, 0.29) is 0 Å². The zero-order valence-electron chi connectivity index (χ0n) is 7.83. The molecular weight excluding hydrogens is 188 g/mol. The number of hydrogen-bond acceptors (Lipinski definition) is 4. The molecular formula is C8H18N2O2S. The van der Waals surface area contributed by atoms with Gasteiger partial charge in [-0.3, -0.25) is 0 Å². The van der Waals surface area contributed by atoms with Crippen LogP contribution < -0.4 is 11.1 Å². The summed E-state index contributed by atoms with van der Waals surface area (Å²) in [4.78, 5) is 0. The van der Waals surface area contributed by atoms with Crippen molar-refractivity contribution in [3.63, 3.8) is 0 Å². The molecule has 0 aromatic heterocycles. The van der Waals surface area contributed by atoms with Crippen molar-refractivity contribution in [1.82, 2.24) is 5.32 Å². The van der Waals surface area contributed by atoms with Gasteiger partial charge in [0.2, 0.25) is 0 Å². The molecule has 0 saturated carbocycles. The topological polar surface area (TPSA) is 72.2 Å². The van der Waals surface area contributed by atoms with E-state index in [4.69, 9.17) is 5.73 Å². The van der Waals surface area contributed by atoms with Crippen LogP contribution in [-0.4, -0.2) is 39.1 Å². The average molecular weight is 206 g/mol. The normalized spacial score (nSPS) is 23.2. The van der Waals surface area contributed by atoms with Crippen LogP contribution in [0.1, 0.15) is 19.3 Å². The van der Waals surface area contributed by atoms with Gasteiger partial charge in [0.25, 0.3) is 0 Å². The van der Waals surface area contributed by atoms with Crippen LogP contribution in [0.2, 0.25) is 0 Å². The molecule has 0 bridgehead atoms. The molecule has 0 atom stereocenters. The summed E-state index contributed by atoms with van der Waals surface area (Å²) in [5.41, 5.74) is 5.35. The lowest BCUT2D eigenvalue weighted by molar-refractivity contribution is 0.461. The zero-order valence-corrected chi connectivity index (χ0v) is 8.65. The van der Waals surface area contributed by atoms with E-state index in [9.17, 15) is 8.42 Å². The lowest BCUT2D eigenvalue weighted by atomic mass is 10.1. The number of hydrogen-bond donors (Lipinski definition) is 2. The van der Waals surface area contributed by atoms with E-state index >= 15 is 0 Å². The van der Waals surface area contributed by atoms with E-state index in [1.165, 1.54) is 0 Å². The number of sulfone groups is 1. The molecule has 0 spiro atoms. The van der Waals surface area contributed by atoms with Gasteiger partial charge in [-0.15, -0.1) is 0 Å². The Kier molecular flexibility index (Phi) is 4.15. The van der Waals surface area contributed by atoms with Gasteiger partial charge in [-0.2, -0.15) is 0 Å². The molecule has 1 heterocycles. The Bertz CT molecular complexity index is 225. The van der Waals surface area contributed by atoms with Crippen molar-refractivity contribution >= 4 is 9.84 Å². The smallest absolute Gasteiger partial charge is 0.150 e. The van der Waals surface area contributed by atoms with Gasteiger partial charge in [-0.1, -0.05) is 0 Å². The minimum Gasteiger partial charge on any atom is -0.330 e. The van der Waals surface area contributed by atoms with Crippen LogP contribution in [0, 0.1) is 0 Å². The summed E-state index contributed by atoms with van der Waals surface area (Å²) in [5.74, 6) is 0.681. The third-order valence-corrected chi connectivity index (χ3v) is 4.08. The van der Waals surface area contributed by atoms with Gasteiger partial charge in [0.1, 0.15) is 9.84 Å². The average Bonchev–Trinajstić information content (AvgIpc) is 2.08. The Morgan fingerprint density at radius 1 is 1.31 bits per heavy atom. The van der Waals surface area contributed by atoms with Crippen molar-refractivity contribution in [2.24, 2.45) is 5.73 Å². The summed E-state index contributed by atoms with van der Waals surface area (Å²) >= 11 is 0. The fourth-order valence-electron chi connectivity index (χ4n) is 1.50.